The van der Waals surface area contributed by atoms with E-state index in [1.54, 1.807) is 23.5 Å². The third-order valence-electron chi connectivity index (χ3n) is 6.25. The highest BCUT2D eigenvalue weighted by atomic mass is 35.5. The van der Waals surface area contributed by atoms with Crippen molar-refractivity contribution in [1.29, 1.82) is 0 Å². The van der Waals surface area contributed by atoms with Crippen molar-refractivity contribution in [2.24, 2.45) is 5.41 Å². The average Bonchev–Trinajstić information content (AvgIpc) is 2.71. The predicted octanol–water partition coefficient (Wildman–Crippen LogP) is 2.39. The summed E-state index contributed by atoms with van der Waals surface area (Å²) >= 11 is 6.28. The number of rotatable bonds is 2. The first-order valence-electron chi connectivity index (χ1n) is 10.3. The lowest BCUT2D eigenvalue weighted by atomic mass is 9.71. The number of carbonyl (C=O) groups excluding carboxylic acids is 3. The summed E-state index contributed by atoms with van der Waals surface area (Å²) in [6.45, 7) is 3.24. The number of urea groups is 1. The van der Waals surface area contributed by atoms with Crippen LogP contribution in [0.3, 0.4) is 0 Å². The standard InChI is InChI=1S/C20H25ClN4O3/c21-15-2-1-14(13-16(15)25-10-3-17(26)23-19(25)28)18(27)24-11-6-20(7-12-24)4-8-22-9-5-20/h1-2,13,22H,3-12H2,(H,23,26,28)/i/hD. The molecular formula is C20H25ClN4O3. The van der Waals surface area contributed by atoms with E-state index in [9.17, 15) is 14.4 Å². The second-order valence-corrected chi connectivity index (χ2v) is 8.29. The Morgan fingerprint density at radius 1 is 1.11 bits per heavy atom. The molecule has 3 heterocycles. The van der Waals surface area contributed by atoms with Crippen LogP contribution >= 0.6 is 11.6 Å². The lowest BCUT2D eigenvalue weighted by Crippen LogP contribution is -2.49. The number of nitrogens with one attached hydrogen (secondary N) is 2. The molecule has 0 unspecified atom stereocenters. The fraction of sp³-hybridized carbons (Fsp3) is 0.550. The van der Waals surface area contributed by atoms with Gasteiger partial charge in [-0.15, -0.1) is 0 Å². The summed E-state index contributed by atoms with van der Waals surface area (Å²) in [7, 11) is 0. The summed E-state index contributed by atoms with van der Waals surface area (Å²) in [5.41, 5.74) is 1.20. The molecule has 3 fully saturated rings. The second-order valence-electron chi connectivity index (χ2n) is 7.88. The summed E-state index contributed by atoms with van der Waals surface area (Å²) in [5.74, 6) is -0.378. The molecule has 0 aromatic heterocycles. The molecule has 4 amide bonds. The van der Waals surface area contributed by atoms with E-state index in [0.29, 0.717) is 29.4 Å². The van der Waals surface area contributed by atoms with Gasteiger partial charge in [-0.3, -0.25) is 19.8 Å². The Kier molecular flexibility index (Phi) is 4.94. The van der Waals surface area contributed by atoms with Crippen LogP contribution in [0.15, 0.2) is 18.2 Å². The predicted molar refractivity (Wildman–Crippen MR) is 107 cm³/mol. The van der Waals surface area contributed by atoms with Gasteiger partial charge < -0.3 is 10.2 Å². The zero-order chi connectivity index (χ0) is 20.6. The summed E-state index contributed by atoms with van der Waals surface area (Å²) in [4.78, 5) is 39.9. The van der Waals surface area contributed by atoms with Crippen LogP contribution in [0.5, 0.6) is 0 Å². The molecule has 150 valence electrons. The molecule has 0 radical (unpaired) electrons. The number of halogens is 1. The van der Waals surface area contributed by atoms with Gasteiger partial charge in [-0.05, 0) is 62.4 Å². The van der Waals surface area contributed by atoms with Crippen molar-refractivity contribution in [2.45, 2.75) is 32.1 Å². The number of likely N-dealkylation sites (tertiary alicyclic amines) is 1. The van der Waals surface area contributed by atoms with E-state index in [1.165, 1.54) is 4.90 Å². The molecule has 4 rings (SSSR count). The number of hydrogen-bond acceptors (Lipinski definition) is 4. The van der Waals surface area contributed by atoms with Gasteiger partial charge in [0.2, 0.25) is 5.91 Å². The van der Waals surface area contributed by atoms with Gasteiger partial charge in [0, 0.05) is 31.6 Å². The van der Waals surface area contributed by atoms with Crippen LogP contribution < -0.4 is 15.5 Å². The van der Waals surface area contributed by atoms with E-state index < -0.39 is 6.03 Å². The normalized spacial score (nSPS) is 23.5. The van der Waals surface area contributed by atoms with Crippen LogP contribution in [-0.4, -0.2) is 55.5 Å². The summed E-state index contributed by atoms with van der Waals surface area (Å²) in [6.07, 6.45) is 4.16. The first kappa shape index (κ1) is 17.9. The zero-order valence-corrected chi connectivity index (χ0v) is 16.5. The molecule has 8 heteroatoms. The van der Waals surface area contributed by atoms with Gasteiger partial charge in [-0.2, -0.15) is 0 Å². The first-order chi connectivity index (χ1) is 13.9. The quantitative estimate of drug-likeness (QED) is 0.791. The van der Waals surface area contributed by atoms with E-state index in [2.05, 4.69) is 5.32 Å². The lowest BCUT2D eigenvalue weighted by Gasteiger charge is -2.44. The summed E-state index contributed by atoms with van der Waals surface area (Å²) < 4.78 is 7.75. The van der Waals surface area contributed by atoms with Gasteiger partial charge >= 0.3 is 6.03 Å². The molecule has 0 atom stereocenters. The number of amides is 4. The minimum Gasteiger partial charge on any atom is -0.339 e. The van der Waals surface area contributed by atoms with Crippen LogP contribution in [0, 0.1) is 5.41 Å². The molecular weight excluding hydrogens is 380 g/mol. The van der Waals surface area contributed by atoms with E-state index in [4.69, 9.17) is 13.0 Å². The van der Waals surface area contributed by atoms with Gasteiger partial charge in [-0.25, -0.2) is 4.79 Å². The SMILES string of the molecule is [2H]N1CCC2(CC1)CCN(C(=O)c1ccc(Cl)c(N3CCC(=O)NC3=O)c1)CC2. The van der Waals surface area contributed by atoms with Crippen molar-refractivity contribution in [3.63, 3.8) is 0 Å². The molecule has 3 aliphatic heterocycles. The van der Waals surface area contributed by atoms with E-state index in [-0.39, 0.29) is 30.2 Å². The number of benzene rings is 1. The van der Waals surface area contributed by atoms with Crippen LogP contribution in [0.1, 0.15) is 42.5 Å². The van der Waals surface area contributed by atoms with Crippen LogP contribution in [0.25, 0.3) is 0 Å². The Bertz CT molecular complexity index is 831. The lowest BCUT2D eigenvalue weighted by molar-refractivity contribution is -0.120. The summed E-state index contributed by atoms with van der Waals surface area (Å²) in [5, 5.41) is 4.27. The molecule has 1 aromatic carbocycles. The zero-order valence-electron chi connectivity index (χ0n) is 16.7. The molecule has 1 spiro atoms. The van der Waals surface area contributed by atoms with Crippen molar-refractivity contribution in [3.8, 4) is 0 Å². The maximum Gasteiger partial charge on any atom is 0.328 e. The van der Waals surface area contributed by atoms with Crippen molar-refractivity contribution >= 4 is 35.1 Å². The van der Waals surface area contributed by atoms with Crippen molar-refractivity contribution in [1.82, 2.24) is 15.5 Å². The number of piperidine rings is 2. The van der Waals surface area contributed by atoms with Crippen molar-refractivity contribution < 1.29 is 15.8 Å². The highest BCUT2D eigenvalue weighted by Gasteiger charge is 2.37. The van der Waals surface area contributed by atoms with Crippen LogP contribution in [0.2, 0.25) is 6.43 Å². The number of hydrogen-bond donors (Lipinski definition) is 2. The van der Waals surface area contributed by atoms with Crippen LogP contribution in [0.4, 0.5) is 10.5 Å². The Balaban J connectivity index is 1.46. The molecule has 3 aliphatic rings. The first-order valence-corrected chi connectivity index (χ1v) is 10.2. The fourth-order valence-corrected chi connectivity index (χ4v) is 4.60. The van der Waals surface area contributed by atoms with Crippen molar-refractivity contribution in [2.75, 3.05) is 37.6 Å². The molecule has 3 saturated heterocycles. The fourth-order valence-electron chi connectivity index (χ4n) is 4.38. The molecule has 0 bridgehead atoms. The van der Waals surface area contributed by atoms with Crippen LogP contribution in [-0.2, 0) is 4.79 Å². The average molecular weight is 406 g/mol. The maximum absolute atomic E-state index is 13.1. The Hall–Kier alpha value is -2.12. The minimum atomic E-state index is -0.520. The van der Waals surface area contributed by atoms with Gasteiger partial charge in [0.15, 0.2) is 0 Å². The Morgan fingerprint density at radius 2 is 1.82 bits per heavy atom. The number of carbonyl (C=O) groups is 3. The van der Waals surface area contributed by atoms with E-state index in [0.717, 1.165) is 38.8 Å². The number of nitrogens with zero attached hydrogens (tertiary/aromatic N) is 2. The summed E-state index contributed by atoms with van der Waals surface area (Å²) in [6, 6.07) is 4.43. The highest BCUT2D eigenvalue weighted by Crippen LogP contribution is 2.40. The molecule has 7 nitrogen and oxygen atoms in total. The van der Waals surface area contributed by atoms with E-state index >= 15 is 0 Å². The third-order valence-corrected chi connectivity index (χ3v) is 6.57. The highest BCUT2D eigenvalue weighted by molar-refractivity contribution is 6.34. The van der Waals surface area contributed by atoms with E-state index in [1.807, 2.05) is 4.90 Å². The smallest absolute Gasteiger partial charge is 0.328 e. The molecule has 28 heavy (non-hydrogen) atoms. The second kappa shape index (κ2) is 7.72. The number of anilines is 1. The third kappa shape index (κ3) is 3.73. The molecule has 0 saturated carbocycles. The minimum absolute atomic E-state index is 0.0656. The molecule has 2 N–H and O–H groups in total. The maximum atomic E-state index is 13.1. The molecule has 0 aliphatic carbocycles. The van der Waals surface area contributed by atoms with Gasteiger partial charge in [0.1, 0.15) is 1.41 Å². The van der Waals surface area contributed by atoms with Gasteiger partial charge in [0.05, 0.1) is 10.7 Å². The topological polar surface area (TPSA) is 81.8 Å². The van der Waals surface area contributed by atoms with Gasteiger partial charge in [0.25, 0.3) is 5.91 Å². The monoisotopic (exact) mass is 405 g/mol. The Morgan fingerprint density at radius 3 is 2.50 bits per heavy atom. The van der Waals surface area contributed by atoms with Crippen molar-refractivity contribution in [3.05, 3.63) is 28.8 Å². The van der Waals surface area contributed by atoms with Gasteiger partial charge in [-0.1, -0.05) is 11.6 Å². The number of imide groups is 1. The Labute approximate surface area is 170 Å². The largest absolute Gasteiger partial charge is 0.339 e. The molecule has 1 aromatic rings.